The van der Waals surface area contributed by atoms with Gasteiger partial charge in [0, 0.05) is 12.8 Å². The average Bonchev–Trinajstić information content (AvgIpc) is 2.45. The predicted molar refractivity (Wildman–Crippen MR) is 63.8 cm³/mol. The molecule has 0 aromatic heterocycles. The highest BCUT2D eigenvalue weighted by atomic mass is 16.9. The van der Waals surface area contributed by atoms with Gasteiger partial charge in [-0.3, -0.25) is 0 Å². The Morgan fingerprint density at radius 1 is 0.947 bits per heavy atom. The SMILES string of the molecule is CCO[NH+]([O-])C1CCC([NH+]([O-])OC)C([NH+]([O-])OC)C1. The van der Waals surface area contributed by atoms with Crippen LogP contribution in [0.5, 0.6) is 0 Å². The molecule has 0 radical (unpaired) electrons. The second-order valence-electron chi connectivity index (χ2n) is 4.52. The summed E-state index contributed by atoms with van der Waals surface area (Å²) in [5.74, 6) is 0. The Kier molecular flexibility index (Phi) is 7.07. The number of rotatable bonds is 7. The number of hydrogen-bond acceptors (Lipinski definition) is 6. The van der Waals surface area contributed by atoms with Crippen molar-refractivity contribution < 1.29 is 30.2 Å². The molecule has 0 saturated heterocycles. The third-order valence-corrected chi connectivity index (χ3v) is 3.48. The summed E-state index contributed by atoms with van der Waals surface area (Å²) in [6.45, 7) is 2.04. The molecular weight excluding hydrogens is 258 g/mol. The summed E-state index contributed by atoms with van der Waals surface area (Å²) in [6, 6.07) is -1.53. The molecule has 1 aliphatic carbocycles. The molecule has 6 unspecified atom stereocenters. The molecule has 0 aromatic rings. The summed E-state index contributed by atoms with van der Waals surface area (Å²) in [4.78, 5) is 14.4. The molecule has 0 aliphatic heterocycles. The largest absolute Gasteiger partial charge is 0.600 e. The van der Waals surface area contributed by atoms with Gasteiger partial charge in [-0.25, -0.2) is 30.2 Å². The van der Waals surface area contributed by atoms with E-state index in [-0.39, 0.29) is 17.7 Å². The number of hydroxylamine groups is 6. The first-order valence-electron chi connectivity index (χ1n) is 6.37. The predicted octanol–water partition coefficient (Wildman–Crippen LogP) is -3.50. The van der Waals surface area contributed by atoms with Crippen molar-refractivity contribution in [3.05, 3.63) is 15.6 Å². The minimum absolute atomic E-state index is 0.269. The second kappa shape index (κ2) is 8.04. The summed E-state index contributed by atoms with van der Waals surface area (Å²) < 4.78 is 0. The van der Waals surface area contributed by atoms with E-state index in [4.69, 9.17) is 14.5 Å². The Hall–Kier alpha value is -0.360. The molecule has 9 heteroatoms. The molecule has 9 nitrogen and oxygen atoms in total. The molecule has 0 bridgehead atoms. The van der Waals surface area contributed by atoms with E-state index >= 15 is 0 Å². The van der Waals surface area contributed by atoms with E-state index in [1.807, 2.05) is 0 Å². The van der Waals surface area contributed by atoms with Gasteiger partial charge in [0.2, 0.25) is 0 Å². The van der Waals surface area contributed by atoms with Crippen LogP contribution in [0.1, 0.15) is 26.2 Å². The van der Waals surface area contributed by atoms with Gasteiger partial charge in [-0.05, 0) is 6.92 Å². The molecule has 0 amide bonds. The number of hydrogen-bond donors (Lipinski definition) is 3. The van der Waals surface area contributed by atoms with Gasteiger partial charge in [0.15, 0.2) is 12.1 Å². The van der Waals surface area contributed by atoms with Crippen LogP contribution in [0.15, 0.2) is 0 Å². The normalized spacial score (nSPS) is 32.8. The van der Waals surface area contributed by atoms with Gasteiger partial charge >= 0.3 is 0 Å². The van der Waals surface area contributed by atoms with Crippen molar-refractivity contribution in [1.82, 2.24) is 0 Å². The maximum Gasteiger partial charge on any atom is 0.178 e. The lowest BCUT2D eigenvalue weighted by Crippen LogP contribution is -3.23. The lowest BCUT2D eigenvalue weighted by molar-refractivity contribution is -1.13. The zero-order chi connectivity index (χ0) is 14.4. The first kappa shape index (κ1) is 16.7. The molecule has 6 atom stereocenters. The summed E-state index contributed by atoms with van der Waals surface area (Å²) in [5, 5.41) is 33.9. The fourth-order valence-electron chi connectivity index (χ4n) is 2.49. The number of quaternary nitrogens is 3. The Balaban J connectivity index is 2.70. The maximum atomic E-state index is 11.7. The van der Waals surface area contributed by atoms with Gasteiger partial charge in [-0.15, -0.1) is 0 Å². The topological polar surface area (TPSA) is 110 Å². The van der Waals surface area contributed by atoms with E-state index < -0.39 is 22.5 Å². The Labute approximate surface area is 112 Å². The highest BCUT2D eigenvalue weighted by Crippen LogP contribution is 2.14. The van der Waals surface area contributed by atoms with E-state index in [0.717, 1.165) is 0 Å². The highest BCUT2D eigenvalue weighted by Gasteiger charge is 2.43. The van der Waals surface area contributed by atoms with Crippen LogP contribution >= 0.6 is 0 Å². The molecule has 0 heterocycles. The Bertz CT molecular complexity index is 259. The van der Waals surface area contributed by atoms with Crippen molar-refractivity contribution in [1.29, 1.82) is 0 Å². The highest BCUT2D eigenvalue weighted by molar-refractivity contribution is 4.79. The minimum Gasteiger partial charge on any atom is -0.600 e. The molecule has 19 heavy (non-hydrogen) atoms. The summed E-state index contributed by atoms with van der Waals surface area (Å²) in [5.41, 5.74) is 0. The third kappa shape index (κ3) is 4.31. The zero-order valence-corrected chi connectivity index (χ0v) is 11.5. The Morgan fingerprint density at radius 3 is 2.05 bits per heavy atom. The smallest absolute Gasteiger partial charge is 0.178 e. The van der Waals surface area contributed by atoms with Crippen LogP contribution in [0.2, 0.25) is 0 Å². The number of nitrogens with one attached hydrogen (secondary N) is 3. The second-order valence-corrected chi connectivity index (χ2v) is 4.52. The molecule has 1 fully saturated rings. The van der Waals surface area contributed by atoms with Crippen molar-refractivity contribution >= 4 is 0 Å². The van der Waals surface area contributed by atoms with Crippen LogP contribution in [0.3, 0.4) is 0 Å². The van der Waals surface area contributed by atoms with Crippen LogP contribution in [-0.4, -0.2) is 39.0 Å². The monoisotopic (exact) mass is 281 g/mol. The first-order chi connectivity index (χ1) is 9.04. The van der Waals surface area contributed by atoms with Gasteiger partial charge in [-0.1, -0.05) is 0 Å². The molecule has 1 rings (SSSR count). The van der Waals surface area contributed by atoms with E-state index in [2.05, 4.69) is 0 Å². The van der Waals surface area contributed by atoms with Crippen molar-refractivity contribution in [2.75, 3.05) is 20.8 Å². The van der Waals surface area contributed by atoms with Crippen molar-refractivity contribution in [2.45, 2.75) is 44.3 Å². The van der Waals surface area contributed by atoms with Crippen LogP contribution in [0, 0.1) is 15.6 Å². The van der Waals surface area contributed by atoms with E-state index in [9.17, 15) is 15.6 Å². The van der Waals surface area contributed by atoms with Gasteiger partial charge in [0.05, 0.1) is 20.6 Å². The van der Waals surface area contributed by atoms with Gasteiger partial charge < -0.3 is 15.6 Å². The van der Waals surface area contributed by atoms with Crippen LogP contribution in [0.4, 0.5) is 0 Å². The van der Waals surface area contributed by atoms with Crippen molar-refractivity contribution in [3.8, 4) is 0 Å². The fraction of sp³-hybridized carbons (Fsp3) is 1.00. The molecule has 1 aliphatic rings. The van der Waals surface area contributed by atoms with Gasteiger partial charge in [0.25, 0.3) is 0 Å². The molecule has 1 saturated carbocycles. The summed E-state index contributed by atoms with van der Waals surface area (Å²) >= 11 is 0. The maximum absolute atomic E-state index is 11.7. The minimum atomic E-state index is -0.638. The van der Waals surface area contributed by atoms with Crippen molar-refractivity contribution in [2.24, 2.45) is 0 Å². The van der Waals surface area contributed by atoms with Crippen LogP contribution in [0.25, 0.3) is 0 Å². The zero-order valence-electron chi connectivity index (χ0n) is 11.5. The average molecular weight is 281 g/mol. The van der Waals surface area contributed by atoms with E-state index in [1.165, 1.54) is 14.2 Å². The summed E-state index contributed by atoms with van der Waals surface area (Å²) in [6.07, 6.45) is 1.22. The molecule has 0 aromatic carbocycles. The molecular formula is C10H23N3O6. The molecule has 3 N–H and O–H groups in total. The van der Waals surface area contributed by atoms with Gasteiger partial charge in [0.1, 0.15) is 12.6 Å². The third-order valence-electron chi connectivity index (χ3n) is 3.48. The van der Waals surface area contributed by atoms with Crippen LogP contribution < -0.4 is 15.7 Å². The first-order valence-corrected chi connectivity index (χ1v) is 6.37. The molecule has 0 spiro atoms. The summed E-state index contributed by atoms with van der Waals surface area (Å²) in [7, 11) is 2.55. The fourth-order valence-corrected chi connectivity index (χ4v) is 2.49. The lowest BCUT2D eigenvalue weighted by atomic mass is 9.87. The molecule has 114 valence electrons. The van der Waals surface area contributed by atoms with Gasteiger partial charge in [-0.2, -0.15) is 0 Å². The quantitative estimate of drug-likeness (QED) is 0.418. The van der Waals surface area contributed by atoms with E-state index in [1.54, 1.807) is 6.92 Å². The van der Waals surface area contributed by atoms with Crippen molar-refractivity contribution in [3.63, 3.8) is 0 Å². The standard InChI is InChI=1S/C10H23N3O6/c1-4-19-11(14)8-5-6-9(12(15)17-2)10(7-8)13(16)18-3/h8-13H,4-7H2,1-3H3. The van der Waals surface area contributed by atoms with E-state index in [0.29, 0.717) is 19.4 Å². The van der Waals surface area contributed by atoms with Crippen LogP contribution in [-0.2, 0) is 14.5 Å². The Morgan fingerprint density at radius 2 is 1.53 bits per heavy atom. The lowest BCUT2D eigenvalue weighted by Gasteiger charge is -2.42.